The number of hydrogen-bond acceptors (Lipinski definition) is 3. The molecule has 1 aromatic rings. The molecule has 0 saturated heterocycles. The number of rotatable bonds is 3. The van der Waals surface area contributed by atoms with Crippen LogP contribution in [0.15, 0.2) is 18.2 Å². The first-order chi connectivity index (χ1) is 8.76. The Morgan fingerprint density at radius 1 is 1.47 bits per heavy atom. The van der Waals surface area contributed by atoms with Crippen molar-refractivity contribution in [2.75, 3.05) is 17.3 Å². The van der Waals surface area contributed by atoms with Crippen molar-refractivity contribution >= 4 is 23.2 Å². The molecule has 3 N–H and O–H groups in total. The first kappa shape index (κ1) is 13.5. The number of anilines is 2. The van der Waals surface area contributed by atoms with E-state index < -0.39 is 5.54 Å². The van der Waals surface area contributed by atoms with Crippen LogP contribution in [0.25, 0.3) is 0 Å². The lowest BCUT2D eigenvalue weighted by atomic mass is 10.0. The van der Waals surface area contributed by atoms with Crippen LogP contribution >= 0.6 is 0 Å². The van der Waals surface area contributed by atoms with Gasteiger partial charge < -0.3 is 16.0 Å². The summed E-state index contributed by atoms with van der Waals surface area (Å²) in [5.74, 6) is -0.0473. The molecule has 2 rings (SSSR count). The number of carbonyl (C=O) groups is 2. The second kappa shape index (κ2) is 4.66. The highest BCUT2D eigenvalue weighted by Crippen LogP contribution is 2.28. The number of nitrogens with two attached hydrogens (primary N) is 1. The standard InChI is InChI=1S/C14H19N3O2/c1-14(2,15)8-13(19)17(3)10-4-5-11-9(6-10)7-12(18)16-11/h4-6H,7-8,15H2,1-3H3,(H,16,18). The SMILES string of the molecule is CN(C(=O)CC(C)(C)N)c1ccc2c(c1)CC(=O)N2. The first-order valence-corrected chi connectivity index (χ1v) is 6.24. The average molecular weight is 261 g/mol. The first-order valence-electron chi connectivity index (χ1n) is 6.24. The summed E-state index contributed by atoms with van der Waals surface area (Å²) in [6.45, 7) is 3.65. The molecule has 0 radical (unpaired) electrons. The Morgan fingerprint density at radius 3 is 2.79 bits per heavy atom. The summed E-state index contributed by atoms with van der Waals surface area (Å²) in [6.07, 6.45) is 0.644. The highest BCUT2D eigenvalue weighted by molar-refractivity contribution is 6.00. The van der Waals surface area contributed by atoms with Gasteiger partial charge in [0.05, 0.1) is 6.42 Å². The van der Waals surface area contributed by atoms with Crippen LogP contribution in [0.2, 0.25) is 0 Å². The molecule has 1 heterocycles. The predicted molar refractivity (Wildman–Crippen MR) is 75.1 cm³/mol. The van der Waals surface area contributed by atoms with E-state index in [1.807, 2.05) is 32.0 Å². The second-order valence-corrected chi connectivity index (χ2v) is 5.68. The summed E-state index contributed by atoms with van der Waals surface area (Å²) >= 11 is 0. The van der Waals surface area contributed by atoms with E-state index in [4.69, 9.17) is 5.73 Å². The zero-order chi connectivity index (χ0) is 14.2. The molecule has 0 unspecified atom stereocenters. The summed E-state index contributed by atoms with van der Waals surface area (Å²) < 4.78 is 0. The Bertz CT molecular complexity index is 532. The van der Waals surface area contributed by atoms with Crippen LogP contribution in [-0.4, -0.2) is 24.4 Å². The van der Waals surface area contributed by atoms with Crippen molar-refractivity contribution in [2.45, 2.75) is 32.2 Å². The van der Waals surface area contributed by atoms with Gasteiger partial charge in [-0.1, -0.05) is 0 Å². The molecule has 1 aromatic carbocycles. The van der Waals surface area contributed by atoms with Crippen LogP contribution in [0.5, 0.6) is 0 Å². The number of benzene rings is 1. The van der Waals surface area contributed by atoms with Gasteiger partial charge in [0.2, 0.25) is 11.8 Å². The number of nitrogens with one attached hydrogen (secondary N) is 1. The molecule has 0 aromatic heterocycles. The zero-order valence-electron chi connectivity index (χ0n) is 11.5. The van der Waals surface area contributed by atoms with Gasteiger partial charge >= 0.3 is 0 Å². The van der Waals surface area contributed by atoms with E-state index >= 15 is 0 Å². The molecule has 0 spiro atoms. The molecule has 1 aliphatic heterocycles. The van der Waals surface area contributed by atoms with Gasteiger partial charge in [-0.3, -0.25) is 9.59 Å². The summed E-state index contributed by atoms with van der Waals surface area (Å²) in [5, 5.41) is 2.77. The molecule has 2 amide bonds. The normalized spacial score (nSPS) is 14.0. The van der Waals surface area contributed by atoms with Crippen LogP contribution in [0, 0.1) is 0 Å². The van der Waals surface area contributed by atoms with Gasteiger partial charge in [0.25, 0.3) is 0 Å². The van der Waals surface area contributed by atoms with Crippen molar-refractivity contribution in [1.82, 2.24) is 0 Å². The molecule has 102 valence electrons. The molecular formula is C14H19N3O2. The van der Waals surface area contributed by atoms with Gasteiger partial charge in [-0.05, 0) is 37.6 Å². The monoisotopic (exact) mass is 261 g/mol. The lowest BCUT2D eigenvalue weighted by molar-refractivity contribution is -0.119. The number of nitrogens with zero attached hydrogens (tertiary/aromatic N) is 1. The quantitative estimate of drug-likeness (QED) is 0.860. The number of amides is 2. The van der Waals surface area contributed by atoms with Crippen molar-refractivity contribution < 1.29 is 9.59 Å². The third-order valence-electron chi connectivity index (χ3n) is 3.08. The zero-order valence-corrected chi connectivity index (χ0v) is 11.5. The van der Waals surface area contributed by atoms with Crippen molar-refractivity contribution in [1.29, 1.82) is 0 Å². The minimum Gasteiger partial charge on any atom is -0.326 e. The summed E-state index contributed by atoms with van der Waals surface area (Å²) in [4.78, 5) is 25.0. The van der Waals surface area contributed by atoms with E-state index in [0.717, 1.165) is 16.9 Å². The molecule has 0 atom stereocenters. The van der Waals surface area contributed by atoms with E-state index in [1.165, 1.54) is 0 Å². The van der Waals surface area contributed by atoms with Gasteiger partial charge in [-0.25, -0.2) is 0 Å². The maximum atomic E-state index is 12.1. The summed E-state index contributed by atoms with van der Waals surface area (Å²) in [6, 6.07) is 5.52. The van der Waals surface area contributed by atoms with Gasteiger partial charge in [0.15, 0.2) is 0 Å². The number of fused-ring (bicyclic) bond motifs is 1. The van der Waals surface area contributed by atoms with Crippen molar-refractivity contribution in [3.05, 3.63) is 23.8 Å². The summed E-state index contributed by atoms with van der Waals surface area (Å²) in [5.41, 5.74) is 7.86. The van der Waals surface area contributed by atoms with E-state index in [2.05, 4.69) is 5.32 Å². The van der Waals surface area contributed by atoms with Crippen LogP contribution in [0.4, 0.5) is 11.4 Å². The van der Waals surface area contributed by atoms with Gasteiger partial charge in [0, 0.05) is 30.4 Å². The molecular weight excluding hydrogens is 242 g/mol. The van der Waals surface area contributed by atoms with Crippen LogP contribution in [0.3, 0.4) is 0 Å². The van der Waals surface area contributed by atoms with Crippen molar-refractivity contribution in [3.8, 4) is 0 Å². The Labute approximate surface area is 112 Å². The smallest absolute Gasteiger partial charge is 0.228 e. The maximum absolute atomic E-state index is 12.1. The van der Waals surface area contributed by atoms with E-state index in [9.17, 15) is 9.59 Å². The highest BCUT2D eigenvalue weighted by atomic mass is 16.2. The summed E-state index contributed by atoms with van der Waals surface area (Å²) in [7, 11) is 1.72. The predicted octanol–water partition coefficient (Wildman–Crippen LogP) is 1.27. The minimum atomic E-state index is -0.528. The van der Waals surface area contributed by atoms with E-state index in [-0.39, 0.29) is 18.2 Å². The average Bonchev–Trinajstić information content (AvgIpc) is 2.64. The highest BCUT2D eigenvalue weighted by Gasteiger charge is 2.22. The van der Waals surface area contributed by atoms with E-state index in [1.54, 1.807) is 11.9 Å². The second-order valence-electron chi connectivity index (χ2n) is 5.68. The van der Waals surface area contributed by atoms with Crippen LogP contribution in [-0.2, 0) is 16.0 Å². The fraction of sp³-hybridized carbons (Fsp3) is 0.429. The third-order valence-corrected chi connectivity index (χ3v) is 3.08. The van der Waals surface area contributed by atoms with Gasteiger partial charge in [-0.2, -0.15) is 0 Å². The Hall–Kier alpha value is -1.88. The van der Waals surface area contributed by atoms with E-state index in [0.29, 0.717) is 6.42 Å². The fourth-order valence-corrected chi connectivity index (χ4v) is 2.08. The molecule has 19 heavy (non-hydrogen) atoms. The lowest BCUT2D eigenvalue weighted by Crippen LogP contribution is -2.39. The molecule has 5 nitrogen and oxygen atoms in total. The van der Waals surface area contributed by atoms with Gasteiger partial charge in [0.1, 0.15) is 0 Å². The molecule has 0 aliphatic carbocycles. The number of carbonyl (C=O) groups excluding carboxylic acids is 2. The molecule has 0 saturated carbocycles. The molecule has 0 fully saturated rings. The Kier molecular flexibility index (Phi) is 3.32. The number of hydrogen-bond donors (Lipinski definition) is 2. The van der Waals surface area contributed by atoms with Crippen molar-refractivity contribution in [3.63, 3.8) is 0 Å². The molecule has 5 heteroatoms. The Morgan fingerprint density at radius 2 is 2.16 bits per heavy atom. The Balaban J connectivity index is 2.17. The lowest BCUT2D eigenvalue weighted by Gasteiger charge is -2.23. The van der Waals surface area contributed by atoms with Crippen molar-refractivity contribution in [2.24, 2.45) is 5.73 Å². The van der Waals surface area contributed by atoms with Gasteiger partial charge in [-0.15, -0.1) is 0 Å². The fourth-order valence-electron chi connectivity index (χ4n) is 2.08. The van der Waals surface area contributed by atoms with Crippen LogP contribution in [0.1, 0.15) is 25.8 Å². The molecule has 0 bridgehead atoms. The minimum absolute atomic E-state index is 0.00998. The topological polar surface area (TPSA) is 75.4 Å². The largest absolute Gasteiger partial charge is 0.326 e. The third kappa shape index (κ3) is 3.12. The maximum Gasteiger partial charge on any atom is 0.228 e. The van der Waals surface area contributed by atoms with Crippen LogP contribution < -0.4 is 16.0 Å². The molecule has 1 aliphatic rings.